The molecule has 0 unspecified atom stereocenters. The van der Waals surface area contributed by atoms with Crippen molar-refractivity contribution in [1.29, 1.82) is 0 Å². The van der Waals surface area contributed by atoms with E-state index in [0.29, 0.717) is 23.3 Å². The van der Waals surface area contributed by atoms with E-state index in [-0.39, 0.29) is 0 Å². The van der Waals surface area contributed by atoms with Gasteiger partial charge in [0.1, 0.15) is 5.82 Å². The monoisotopic (exact) mass is 288 g/mol. The maximum atomic E-state index is 11.8. The Labute approximate surface area is 116 Å². The first-order chi connectivity index (χ1) is 9.55. The molecule has 6 nitrogen and oxygen atoms in total. The predicted molar refractivity (Wildman–Crippen MR) is 75.3 cm³/mol. The van der Waals surface area contributed by atoms with Crippen LogP contribution in [0.25, 0.3) is 11.0 Å². The molecule has 1 aromatic carbocycles. The van der Waals surface area contributed by atoms with Crippen molar-refractivity contribution < 1.29 is 8.42 Å². The van der Waals surface area contributed by atoms with Gasteiger partial charge < -0.3 is 0 Å². The van der Waals surface area contributed by atoms with Crippen molar-refractivity contribution in [2.24, 2.45) is 5.14 Å². The maximum absolute atomic E-state index is 11.8. The standard InChI is InChI=1S/C13H12N4O2S/c14-20(18,19)17-12-7-2-1-6-11(12)16-13(17)9-10-5-3-4-8-15-10/h1-8H,9H2,(H2,14,18,19). The van der Waals surface area contributed by atoms with Gasteiger partial charge in [-0.25, -0.2) is 14.1 Å². The molecule has 0 spiro atoms. The summed E-state index contributed by atoms with van der Waals surface area (Å²) >= 11 is 0. The largest absolute Gasteiger partial charge is 0.304 e. The van der Waals surface area contributed by atoms with Gasteiger partial charge in [0.05, 0.1) is 11.0 Å². The number of imidazole rings is 1. The van der Waals surface area contributed by atoms with Crippen molar-refractivity contribution >= 4 is 21.2 Å². The number of benzene rings is 1. The number of fused-ring (bicyclic) bond motifs is 1. The Morgan fingerprint density at radius 2 is 1.85 bits per heavy atom. The van der Waals surface area contributed by atoms with E-state index in [2.05, 4.69) is 9.97 Å². The molecule has 3 aromatic rings. The van der Waals surface area contributed by atoms with Gasteiger partial charge in [-0.2, -0.15) is 8.42 Å². The van der Waals surface area contributed by atoms with Crippen molar-refractivity contribution in [1.82, 2.24) is 13.9 Å². The van der Waals surface area contributed by atoms with E-state index in [1.165, 1.54) is 0 Å². The summed E-state index contributed by atoms with van der Waals surface area (Å²) < 4.78 is 24.7. The first kappa shape index (κ1) is 12.8. The number of rotatable bonds is 3. The number of hydrogen-bond donors (Lipinski definition) is 1. The van der Waals surface area contributed by atoms with Crippen LogP contribution in [0, 0.1) is 0 Å². The van der Waals surface area contributed by atoms with Gasteiger partial charge in [0.2, 0.25) is 0 Å². The van der Waals surface area contributed by atoms with E-state index < -0.39 is 10.2 Å². The van der Waals surface area contributed by atoms with Crippen LogP contribution in [-0.2, 0) is 16.6 Å². The van der Waals surface area contributed by atoms with E-state index in [4.69, 9.17) is 5.14 Å². The van der Waals surface area contributed by atoms with Crippen molar-refractivity contribution in [3.05, 3.63) is 60.2 Å². The van der Waals surface area contributed by atoms with Gasteiger partial charge in [-0.3, -0.25) is 4.98 Å². The van der Waals surface area contributed by atoms with Crippen LogP contribution < -0.4 is 5.14 Å². The lowest BCUT2D eigenvalue weighted by atomic mass is 10.3. The lowest BCUT2D eigenvalue weighted by Crippen LogP contribution is -2.24. The van der Waals surface area contributed by atoms with Crippen LogP contribution in [0.1, 0.15) is 11.5 Å². The smallest absolute Gasteiger partial charge is 0.261 e. The molecule has 2 heterocycles. The minimum absolute atomic E-state index is 0.298. The van der Waals surface area contributed by atoms with E-state index in [9.17, 15) is 8.42 Å². The van der Waals surface area contributed by atoms with Gasteiger partial charge in [-0.15, -0.1) is 0 Å². The third-order valence-corrected chi connectivity index (χ3v) is 3.82. The predicted octanol–water partition coefficient (Wildman–Crippen LogP) is 1.07. The Morgan fingerprint density at radius 1 is 1.10 bits per heavy atom. The Bertz CT molecular complexity index is 856. The molecule has 0 bridgehead atoms. The Morgan fingerprint density at radius 3 is 2.55 bits per heavy atom. The van der Waals surface area contributed by atoms with Gasteiger partial charge in [0, 0.05) is 18.3 Å². The summed E-state index contributed by atoms with van der Waals surface area (Å²) in [6.45, 7) is 0. The molecule has 0 aliphatic carbocycles. The van der Waals surface area contributed by atoms with Crippen LogP contribution in [0.4, 0.5) is 0 Å². The summed E-state index contributed by atoms with van der Waals surface area (Å²) in [7, 11) is -3.91. The molecule has 2 aromatic heterocycles. The highest BCUT2D eigenvalue weighted by Crippen LogP contribution is 2.19. The van der Waals surface area contributed by atoms with Crippen LogP contribution in [0.5, 0.6) is 0 Å². The number of aromatic nitrogens is 3. The fraction of sp³-hybridized carbons (Fsp3) is 0.0769. The third-order valence-electron chi connectivity index (χ3n) is 2.90. The Kier molecular flexibility index (Phi) is 3.00. The van der Waals surface area contributed by atoms with Crippen molar-refractivity contribution in [2.75, 3.05) is 0 Å². The number of pyridine rings is 1. The fourth-order valence-corrected chi connectivity index (χ4v) is 2.94. The number of nitrogens with zero attached hydrogens (tertiary/aromatic N) is 3. The summed E-state index contributed by atoms with van der Waals surface area (Å²) in [6, 6.07) is 12.4. The molecule has 0 atom stereocenters. The molecular weight excluding hydrogens is 276 g/mol. The van der Waals surface area contributed by atoms with Crippen LogP contribution in [0.2, 0.25) is 0 Å². The van der Waals surface area contributed by atoms with Gasteiger partial charge in [-0.05, 0) is 24.3 Å². The first-order valence-corrected chi connectivity index (χ1v) is 7.45. The lowest BCUT2D eigenvalue weighted by molar-refractivity contribution is 0.588. The third kappa shape index (κ3) is 2.28. The van der Waals surface area contributed by atoms with Gasteiger partial charge >= 0.3 is 10.2 Å². The SMILES string of the molecule is NS(=O)(=O)n1c(Cc2ccccn2)nc2ccccc21. The zero-order valence-corrected chi connectivity index (χ0v) is 11.3. The van der Waals surface area contributed by atoms with E-state index >= 15 is 0 Å². The van der Waals surface area contributed by atoms with Crippen LogP contribution in [-0.4, -0.2) is 22.4 Å². The Hall–Kier alpha value is -2.25. The number of nitrogens with two attached hydrogens (primary N) is 1. The molecule has 0 saturated carbocycles. The number of para-hydroxylation sites is 2. The normalized spacial score (nSPS) is 11.8. The summed E-state index contributed by atoms with van der Waals surface area (Å²) in [5.74, 6) is 0.354. The van der Waals surface area contributed by atoms with E-state index in [1.54, 1.807) is 36.5 Å². The van der Waals surface area contributed by atoms with Crippen LogP contribution in [0.15, 0.2) is 48.7 Å². The summed E-state index contributed by atoms with van der Waals surface area (Å²) in [5.41, 5.74) is 1.79. The highest BCUT2D eigenvalue weighted by molar-refractivity contribution is 7.87. The highest BCUT2D eigenvalue weighted by Gasteiger charge is 2.18. The average molecular weight is 288 g/mol. The topological polar surface area (TPSA) is 90.9 Å². The first-order valence-electron chi connectivity index (χ1n) is 5.95. The molecule has 3 rings (SSSR count). The van der Waals surface area contributed by atoms with Crippen molar-refractivity contribution in [3.63, 3.8) is 0 Å². The molecule has 0 amide bonds. The van der Waals surface area contributed by atoms with E-state index in [1.807, 2.05) is 12.1 Å². The quantitative estimate of drug-likeness (QED) is 0.780. The second-order valence-electron chi connectivity index (χ2n) is 4.32. The molecule has 2 N–H and O–H groups in total. The molecule has 20 heavy (non-hydrogen) atoms. The molecular formula is C13H12N4O2S. The zero-order valence-electron chi connectivity index (χ0n) is 10.5. The second kappa shape index (κ2) is 4.69. The Balaban J connectivity index is 2.20. The van der Waals surface area contributed by atoms with Crippen LogP contribution >= 0.6 is 0 Å². The minimum atomic E-state index is -3.91. The summed E-state index contributed by atoms with van der Waals surface area (Å²) in [5, 5.41) is 5.30. The molecule has 0 fully saturated rings. The highest BCUT2D eigenvalue weighted by atomic mass is 32.2. The van der Waals surface area contributed by atoms with Gasteiger partial charge in [0.25, 0.3) is 0 Å². The summed E-state index contributed by atoms with van der Waals surface area (Å²) in [6.07, 6.45) is 1.95. The molecule has 7 heteroatoms. The average Bonchev–Trinajstić information content (AvgIpc) is 2.77. The van der Waals surface area contributed by atoms with Gasteiger partial charge in [0.15, 0.2) is 0 Å². The van der Waals surface area contributed by atoms with Gasteiger partial charge in [-0.1, -0.05) is 18.2 Å². The summed E-state index contributed by atoms with van der Waals surface area (Å²) in [4.78, 5) is 8.52. The van der Waals surface area contributed by atoms with Crippen molar-refractivity contribution in [2.45, 2.75) is 6.42 Å². The fourth-order valence-electron chi connectivity index (χ4n) is 2.11. The van der Waals surface area contributed by atoms with E-state index in [0.717, 1.165) is 9.67 Å². The van der Waals surface area contributed by atoms with Crippen molar-refractivity contribution in [3.8, 4) is 0 Å². The second-order valence-corrected chi connectivity index (χ2v) is 5.72. The lowest BCUT2D eigenvalue weighted by Gasteiger charge is -2.05. The minimum Gasteiger partial charge on any atom is -0.261 e. The number of hydrogen-bond acceptors (Lipinski definition) is 4. The van der Waals surface area contributed by atoms with Crippen LogP contribution in [0.3, 0.4) is 0 Å². The molecule has 0 aliphatic heterocycles. The molecule has 0 saturated heterocycles. The zero-order chi connectivity index (χ0) is 14.2. The molecule has 0 radical (unpaired) electrons. The molecule has 102 valence electrons. The maximum Gasteiger partial charge on any atom is 0.304 e. The molecule has 0 aliphatic rings.